The average molecular weight is 555 g/mol. The molecular weight excluding hydrogens is 534 g/mol. The fourth-order valence-electron chi connectivity index (χ4n) is 4.99. The minimum absolute atomic E-state index is 0.0910. The molecule has 13 heteroatoms. The molecule has 0 aliphatic carbocycles. The van der Waals surface area contributed by atoms with E-state index in [2.05, 4.69) is 15.0 Å². The normalized spacial score (nSPS) is 13.5. The molecule has 1 aliphatic rings. The zero-order valence-corrected chi connectivity index (χ0v) is 21.5. The quantitative estimate of drug-likeness (QED) is 0.345. The third-order valence-electron chi connectivity index (χ3n) is 6.88. The van der Waals surface area contributed by atoms with Gasteiger partial charge in [0.25, 0.3) is 11.4 Å². The lowest BCUT2D eigenvalue weighted by atomic mass is 10.0. The van der Waals surface area contributed by atoms with Crippen LogP contribution in [0, 0.1) is 11.6 Å². The van der Waals surface area contributed by atoms with E-state index in [0.717, 1.165) is 10.6 Å². The van der Waals surface area contributed by atoms with Gasteiger partial charge in [-0.1, -0.05) is 12.1 Å². The Hall–Kier alpha value is -5.46. The Morgan fingerprint density at radius 1 is 1.00 bits per heavy atom. The first-order valence-electron chi connectivity index (χ1n) is 12.6. The molecule has 6 aromatic rings. The third-order valence-corrected chi connectivity index (χ3v) is 6.88. The van der Waals surface area contributed by atoms with E-state index in [1.54, 1.807) is 29.9 Å². The highest BCUT2D eigenvalue weighted by molar-refractivity contribution is 5.98. The number of hydrogen-bond donors (Lipinski definition) is 1. The lowest BCUT2D eigenvalue weighted by Gasteiger charge is -2.18. The summed E-state index contributed by atoms with van der Waals surface area (Å²) in [7, 11) is 0. The van der Waals surface area contributed by atoms with Gasteiger partial charge in [0.15, 0.2) is 11.4 Å². The van der Waals surface area contributed by atoms with Crippen LogP contribution in [0.1, 0.15) is 18.7 Å². The summed E-state index contributed by atoms with van der Waals surface area (Å²) in [5, 5.41) is 5.30. The lowest BCUT2D eigenvalue weighted by Crippen LogP contribution is -2.23. The number of fused-ring (bicyclic) bond motifs is 3. The number of benzene rings is 1. The molecule has 11 nitrogen and oxygen atoms in total. The van der Waals surface area contributed by atoms with Crippen LogP contribution in [-0.2, 0) is 0 Å². The number of hydrogen-bond acceptors (Lipinski definition) is 9. The molecule has 0 radical (unpaired) electrons. The summed E-state index contributed by atoms with van der Waals surface area (Å²) >= 11 is 0. The van der Waals surface area contributed by atoms with Crippen LogP contribution in [0.5, 0.6) is 11.6 Å². The first kappa shape index (κ1) is 24.6. The van der Waals surface area contributed by atoms with E-state index in [0.29, 0.717) is 47.1 Å². The second-order valence-corrected chi connectivity index (χ2v) is 9.41. The van der Waals surface area contributed by atoms with Crippen LogP contribution >= 0.6 is 0 Å². The molecule has 0 spiro atoms. The van der Waals surface area contributed by atoms with Crippen molar-refractivity contribution in [1.29, 1.82) is 0 Å². The molecule has 6 heterocycles. The van der Waals surface area contributed by atoms with Crippen molar-refractivity contribution in [2.24, 2.45) is 0 Å². The Balaban J connectivity index is 1.48. The van der Waals surface area contributed by atoms with E-state index in [1.165, 1.54) is 36.7 Å². The zero-order chi connectivity index (χ0) is 28.2. The Bertz CT molecular complexity index is 2060. The number of nitrogen functional groups attached to an aromatic ring is 1. The fraction of sp³-hybridized carbons (Fsp3) is 0.143. The monoisotopic (exact) mass is 554 g/mol. The van der Waals surface area contributed by atoms with Gasteiger partial charge < -0.3 is 15.2 Å². The molecule has 41 heavy (non-hydrogen) atoms. The van der Waals surface area contributed by atoms with Crippen molar-refractivity contribution >= 4 is 22.5 Å². The molecule has 0 amide bonds. The van der Waals surface area contributed by atoms with Crippen molar-refractivity contribution in [3.05, 3.63) is 88.9 Å². The van der Waals surface area contributed by atoms with E-state index in [4.69, 9.17) is 25.3 Å². The van der Waals surface area contributed by atoms with Crippen LogP contribution in [0.2, 0.25) is 0 Å². The third kappa shape index (κ3) is 4.01. The molecule has 0 fully saturated rings. The predicted molar refractivity (Wildman–Crippen MR) is 145 cm³/mol. The molecule has 1 atom stereocenters. The topological polar surface area (TPSA) is 135 Å². The first-order valence-corrected chi connectivity index (χ1v) is 12.6. The number of pyridine rings is 2. The van der Waals surface area contributed by atoms with E-state index < -0.39 is 23.2 Å². The molecule has 0 unspecified atom stereocenters. The number of ether oxygens (including phenoxy) is 2. The van der Waals surface area contributed by atoms with Gasteiger partial charge in [-0.05, 0) is 42.8 Å². The molecule has 5 aromatic heterocycles. The molecule has 204 valence electrons. The Morgan fingerprint density at radius 3 is 2.71 bits per heavy atom. The molecule has 7 rings (SSSR count). The van der Waals surface area contributed by atoms with E-state index in [1.807, 2.05) is 0 Å². The van der Waals surface area contributed by atoms with E-state index in [-0.39, 0.29) is 28.3 Å². The Labute approximate surface area is 229 Å². The van der Waals surface area contributed by atoms with Crippen molar-refractivity contribution < 1.29 is 18.3 Å². The highest BCUT2D eigenvalue weighted by atomic mass is 19.1. The van der Waals surface area contributed by atoms with Crippen molar-refractivity contribution in [2.45, 2.75) is 13.0 Å². The summed E-state index contributed by atoms with van der Waals surface area (Å²) in [6.45, 7) is 2.56. The summed E-state index contributed by atoms with van der Waals surface area (Å²) < 4.78 is 42.3. The lowest BCUT2D eigenvalue weighted by molar-refractivity contribution is 0.164. The molecule has 2 N–H and O–H groups in total. The summed E-state index contributed by atoms with van der Waals surface area (Å²) in [4.78, 5) is 31.4. The number of anilines is 1. The van der Waals surface area contributed by atoms with Crippen molar-refractivity contribution in [3.8, 4) is 34.0 Å². The number of halogens is 2. The van der Waals surface area contributed by atoms with Gasteiger partial charge in [0.2, 0.25) is 0 Å². The maximum atomic E-state index is 14.3. The maximum Gasteiger partial charge on any atom is 0.266 e. The molecule has 0 bridgehead atoms. The zero-order valence-electron chi connectivity index (χ0n) is 21.5. The summed E-state index contributed by atoms with van der Waals surface area (Å²) in [6.07, 6.45) is 3.95. The number of nitrogens with two attached hydrogens (primary N) is 1. The largest absolute Gasteiger partial charge is 0.484 e. The summed E-state index contributed by atoms with van der Waals surface area (Å²) in [5.41, 5.74) is 7.99. The number of rotatable bonds is 4. The van der Waals surface area contributed by atoms with E-state index in [9.17, 15) is 13.6 Å². The van der Waals surface area contributed by atoms with Gasteiger partial charge in [-0.2, -0.15) is 5.10 Å². The molecule has 0 saturated carbocycles. The first-order chi connectivity index (χ1) is 19.9. The molecular formula is C28H20F2N8O3. The second-order valence-electron chi connectivity index (χ2n) is 9.41. The number of aromatic nitrogens is 7. The van der Waals surface area contributed by atoms with Gasteiger partial charge >= 0.3 is 0 Å². The van der Waals surface area contributed by atoms with Crippen molar-refractivity contribution in [3.63, 3.8) is 0 Å². The highest BCUT2D eigenvalue weighted by Gasteiger charge is 2.27. The van der Waals surface area contributed by atoms with Crippen molar-refractivity contribution in [2.75, 3.05) is 18.9 Å². The van der Waals surface area contributed by atoms with Crippen molar-refractivity contribution in [1.82, 2.24) is 34.1 Å². The van der Waals surface area contributed by atoms with Crippen LogP contribution in [0.4, 0.5) is 14.6 Å². The van der Waals surface area contributed by atoms with Crippen LogP contribution in [0.15, 0.2) is 66.0 Å². The minimum atomic E-state index is -0.716. The molecule has 0 saturated heterocycles. The highest BCUT2D eigenvalue weighted by Crippen LogP contribution is 2.37. The van der Waals surface area contributed by atoms with Gasteiger partial charge in [-0.25, -0.2) is 33.4 Å². The molecule has 1 aromatic carbocycles. The van der Waals surface area contributed by atoms with Gasteiger partial charge in [-0.3, -0.25) is 9.20 Å². The summed E-state index contributed by atoms with van der Waals surface area (Å²) in [6, 6.07) is 9.23. The standard InChI is InChI=1S/C28H20F2N8O3/c1-14(23-21(15-3-2-4-17(29)9-15)28(39)37-12-18(30)5-6-20(37)35-23)38-26-22(25(31)33-13-34-26)24(36-38)16-10-19-27(32-11-16)41-8-7-40-19/h2-6,9-14H,7-8H2,1H3,(H2,31,33,34)/t14-/m0/s1. The van der Waals surface area contributed by atoms with Gasteiger partial charge in [0.1, 0.15) is 48.3 Å². The number of nitrogens with zero attached hydrogens (tertiary/aromatic N) is 7. The minimum Gasteiger partial charge on any atom is -0.484 e. The van der Waals surface area contributed by atoms with Crippen LogP contribution in [0.25, 0.3) is 39.1 Å². The average Bonchev–Trinajstić information content (AvgIpc) is 3.38. The van der Waals surface area contributed by atoms with Crippen LogP contribution in [-0.4, -0.2) is 47.3 Å². The summed E-state index contributed by atoms with van der Waals surface area (Å²) in [5.74, 6) is -0.132. The van der Waals surface area contributed by atoms with Gasteiger partial charge in [-0.15, -0.1) is 0 Å². The second kappa shape index (κ2) is 9.33. The van der Waals surface area contributed by atoms with Crippen LogP contribution < -0.4 is 20.8 Å². The Morgan fingerprint density at radius 2 is 1.85 bits per heavy atom. The van der Waals surface area contributed by atoms with E-state index >= 15 is 0 Å². The van der Waals surface area contributed by atoms with Gasteiger partial charge in [0, 0.05) is 18.0 Å². The SMILES string of the molecule is C[C@@H](c1nc2ccc(F)cn2c(=O)c1-c1cccc(F)c1)n1nc(-c2cnc3c(c2)OCCO3)c2c(N)ncnc21. The maximum absolute atomic E-state index is 14.3. The fourth-order valence-corrected chi connectivity index (χ4v) is 4.99. The van der Waals surface area contributed by atoms with Gasteiger partial charge in [0.05, 0.1) is 22.7 Å². The predicted octanol–water partition coefficient (Wildman–Crippen LogP) is 3.80. The Kier molecular flexibility index (Phi) is 5.59. The molecule has 1 aliphatic heterocycles. The van der Waals surface area contributed by atoms with Crippen LogP contribution in [0.3, 0.4) is 0 Å². The smallest absolute Gasteiger partial charge is 0.266 e.